The molecule has 8 heteroatoms. The summed E-state index contributed by atoms with van der Waals surface area (Å²) in [5.74, 6) is -0.136. The molecule has 0 aliphatic heterocycles. The molecule has 1 amide bonds. The van der Waals surface area contributed by atoms with Gasteiger partial charge >= 0.3 is 10.3 Å². The van der Waals surface area contributed by atoms with E-state index >= 15 is 0 Å². The van der Waals surface area contributed by atoms with Crippen molar-refractivity contribution in [3.05, 3.63) is 89.6 Å². The topological polar surface area (TPSA) is 108 Å². The van der Waals surface area contributed by atoms with E-state index in [1.54, 1.807) is 24.3 Å². The Morgan fingerprint density at radius 2 is 1.76 bits per heavy atom. The minimum atomic E-state index is -4.35. The molecule has 0 bridgehead atoms. The third kappa shape index (κ3) is 9.03. The number of rotatable bonds is 11. The van der Waals surface area contributed by atoms with E-state index in [0.717, 1.165) is 28.8 Å². The fourth-order valence-corrected chi connectivity index (χ4v) is 3.74. The number of carbonyl (C=O) groups is 1. The quantitative estimate of drug-likeness (QED) is 0.333. The fourth-order valence-electron chi connectivity index (χ4n) is 3.31. The van der Waals surface area contributed by atoms with Gasteiger partial charge in [0.15, 0.2) is 0 Å². The van der Waals surface area contributed by atoms with Gasteiger partial charge in [-0.2, -0.15) is 8.42 Å². The highest BCUT2D eigenvalue weighted by atomic mass is 32.2. The van der Waals surface area contributed by atoms with E-state index in [0.29, 0.717) is 12.1 Å². The summed E-state index contributed by atoms with van der Waals surface area (Å²) in [5.41, 5.74) is 4.33. The first kappa shape index (κ1) is 26.0. The van der Waals surface area contributed by atoms with Crippen molar-refractivity contribution < 1.29 is 17.8 Å². The van der Waals surface area contributed by atoms with Gasteiger partial charge in [-0.1, -0.05) is 62.0 Å². The van der Waals surface area contributed by atoms with Crippen LogP contribution in [-0.4, -0.2) is 30.6 Å². The minimum Gasteiger partial charge on any atom is -0.347 e. The maximum Gasteiger partial charge on any atom is 0.357 e. The lowest BCUT2D eigenvalue weighted by molar-refractivity contribution is -0.120. The average Bonchev–Trinajstić information content (AvgIpc) is 2.75. The molecule has 0 aromatic heterocycles. The molecule has 0 radical (unpaired) electrons. The first-order chi connectivity index (χ1) is 15.6. The molecule has 3 N–H and O–H groups in total. The van der Waals surface area contributed by atoms with Crippen molar-refractivity contribution in [3.63, 3.8) is 0 Å². The molecule has 0 unspecified atom stereocenters. The molecule has 1 atom stereocenters. The predicted octanol–water partition coefficient (Wildman–Crippen LogP) is 4.50. The zero-order valence-electron chi connectivity index (χ0n) is 19.2. The van der Waals surface area contributed by atoms with Crippen LogP contribution >= 0.6 is 0 Å². The van der Waals surface area contributed by atoms with Crippen LogP contribution in [0, 0.1) is 0 Å². The Kier molecular flexibility index (Phi) is 9.57. The molecule has 0 saturated carbocycles. The summed E-state index contributed by atoms with van der Waals surface area (Å²) in [6.07, 6.45) is 3.34. The number of aliphatic imine (C=N–C) groups is 1. The number of allylic oxidation sites excluding steroid dienone is 2. The number of amides is 1. The second kappa shape index (κ2) is 12.1. The van der Waals surface area contributed by atoms with E-state index in [4.69, 9.17) is 9.55 Å². The number of hydrogen-bond acceptors (Lipinski definition) is 4. The van der Waals surface area contributed by atoms with Gasteiger partial charge in [0.2, 0.25) is 5.91 Å². The molecule has 0 aliphatic carbocycles. The Balaban J connectivity index is 2.32. The zero-order valence-corrected chi connectivity index (χ0v) is 20.0. The lowest BCUT2D eigenvalue weighted by Crippen LogP contribution is -2.43. The number of nitrogens with zero attached hydrogens (tertiary/aromatic N) is 1. The summed E-state index contributed by atoms with van der Waals surface area (Å²) in [4.78, 5) is 17.6. The van der Waals surface area contributed by atoms with Crippen molar-refractivity contribution in [1.82, 2.24) is 5.32 Å². The number of anilines is 1. The third-order valence-electron chi connectivity index (χ3n) is 4.91. The normalized spacial score (nSPS) is 13.3. The second-order valence-corrected chi connectivity index (χ2v) is 8.83. The van der Waals surface area contributed by atoms with Gasteiger partial charge in [0, 0.05) is 5.70 Å². The van der Waals surface area contributed by atoms with Crippen LogP contribution in [0.4, 0.5) is 5.69 Å². The minimum absolute atomic E-state index is 0.136. The van der Waals surface area contributed by atoms with Crippen LogP contribution in [0.25, 0.3) is 0 Å². The Labute approximate surface area is 196 Å². The van der Waals surface area contributed by atoms with Crippen LogP contribution in [0.15, 0.2) is 83.5 Å². The fraction of sp³-hybridized carbons (Fsp3) is 0.280. The van der Waals surface area contributed by atoms with Crippen molar-refractivity contribution in [3.8, 4) is 0 Å². The number of nitrogens with one attached hydrogen (secondary N) is 2. The van der Waals surface area contributed by atoms with Crippen LogP contribution in [0.1, 0.15) is 38.3 Å². The standard InChI is InChI=1S/C25H31N3O4S/c1-5-21(6-2)26-25(18(3)4)23(27-24(29)17-19-10-8-7-9-11-19)16-20-12-14-22(15-13-20)28-33(30,31)32/h5,7-15,23,28H,3,6,16-17H2,1-2,4H3,(H,27,29)(H,30,31,32)/b21-5-,26-25+/t23-/m0/s1. The molecule has 2 aromatic rings. The number of hydrogen-bond donors (Lipinski definition) is 3. The van der Waals surface area contributed by atoms with Crippen LogP contribution in [0.5, 0.6) is 0 Å². The molecule has 7 nitrogen and oxygen atoms in total. The average molecular weight is 470 g/mol. The van der Waals surface area contributed by atoms with Gasteiger partial charge in [0.05, 0.1) is 23.9 Å². The number of benzene rings is 2. The van der Waals surface area contributed by atoms with E-state index < -0.39 is 16.3 Å². The Hall–Kier alpha value is -3.23. The first-order valence-corrected chi connectivity index (χ1v) is 12.1. The summed E-state index contributed by atoms with van der Waals surface area (Å²) < 4.78 is 33.0. The highest BCUT2D eigenvalue weighted by Crippen LogP contribution is 2.16. The molecule has 2 rings (SSSR count). The summed E-state index contributed by atoms with van der Waals surface area (Å²) in [6, 6.07) is 15.6. The van der Waals surface area contributed by atoms with Gasteiger partial charge in [-0.05, 0) is 55.5 Å². The van der Waals surface area contributed by atoms with E-state index in [9.17, 15) is 13.2 Å². The lowest BCUT2D eigenvalue weighted by atomic mass is 9.97. The summed E-state index contributed by atoms with van der Waals surface area (Å²) in [5, 5.41) is 3.09. The largest absolute Gasteiger partial charge is 0.357 e. The highest BCUT2D eigenvalue weighted by molar-refractivity contribution is 7.87. The van der Waals surface area contributed by atoms with Crippen LogP contribution in [-0.2, 0) is 27.9 Å². The Morgan fingerprint density at radius 3 is 2.27 bits per heavy atom. The van der Waals surface area contributed by atoms with E-state index in [1.807, 2.05) is 61.9 Å². The molecule has 176 valence electrons. The van der Waals surface area contributed by atoms with E-state index in [2.05, 4.69) is 11.9 Å². The van der Waals surface area contributed by atoms with Crippen molar-refractivity contribution in [1.29, 1.82) is 0 Å². The summed E-state index contributed by atoms with van der Waals surface area (Å²) >= 11 is 0. The lowest BCUT2D eigenvalue weighted by Gasteiger charge is -2.22. The highest BCUT2D eigenvalue weighted by Gasteiger charge is 2.21. The first-order valence-electron chi connectivity index (χ1n) is 10.7. The molecule has 2 aromatic carbocycles. The molecular formula is C25H31N3O4S. The van der Waals surface area contributed by atoms with E-state index in [-0.39, 0.29) is 18.0 Å². The Bertz CT molecular complexity index is 1120. The molecular weight excluding hydrogens is 438 g/mol. The van der Waals surface area contributed by atoms with E-state index in [1.165, 1.54) is 0 Å². The molecule has 0 heterocycles. The van der Waals surface area contributed by atoms with Crippen molar-refractivity contribution in [2.45, 2.75) is 46.1 Å². The molecule has 0 spiro atoms. The maximum atomic E-state index is 12.9. The smallest absolute Gasteiger partial charge is 0.347 e. The maximum absolute atomic E-state index is 12.9. The van der Waals surface area contributed by atoms with Gasteiger partial charge in [0.1, 0.15) is 0 Å². The van der Waals surface area contributed by atoms with Crippen molar-refractivity contribution in [2.75, 3.05) is 4.72 Å². The molecule has 0 fully saturated rings. The summed E-state index contributed by atoms with van der Waals surface area (Å²) in [7, 11) is -4.35. The monoisotopic (exact) mass is 469 g/mol. The van der Waals surface area contributed by atoms with Crippen LogP contribution in [0.3, 0.4) is 0 Å². The third-order valence-corrected chi connectivity index (χ3v) is 5.40. The van der Waals surface area contributed by atoms with Crippen molar-refractivity contribution >= 4 is 27.6 Å². The molecule has 0 aliphatic rings. The SMILES string of the molecule is C=C(C)/C(=N\C(=C/C)CC)[C@H](Cc1ccc(NS(=O)(=O)O)cc1)NC(=O)Cc1ccccc1. The van der Waals surface area contributed by atoms with Gasteiger partial charge in [-0.3, -0.25) is 19.1 Å². The zero-order chi connectivity index (χ0) is 24.4. The molecule has 33 heavy (non-hydrogen) atoms. The molecule has 0 saturated heterocycles. The van der Waals surface area contributed by atoms with Gasteiger partial charge in [-0.15, -0.1) is 0 Å². The summed E-state index contributed by atoms with van der Waals surface area (Å²) in [6.45, 7) is 9.86. The van der Waals surface area contributed by atoms with Crippen LogP contribution < -0.4 is 10.0 Å². The van der Waals surface area contributed by atoms with Crippen molar-refractivity contribution in [2.24, 2.45) is 4.99 Å². The Morgan fingerprint density at radius 1 is 1.12 bits per heavy atom. The van der Waals surface area contributed by atoms with Gasteiger partial charge < -0.3 is 5.32 Å². The second-order valence-electron chi connectivity index (χ2n) is 7.67. The number of carbonyl (C=O) groups excluding carboxylic acids is 1. The predicted molar refractivity (Wildman–Crippen MR) is 134 cm³/mol. The van der Waals surface area contributed by atoms with Gasteiger partial charge in [0.25, 0.3) is 0 Å². The van der Waals surface area contributed by atoms with Gasteiger partial charge in [-0.25, -0.2) is 0 Å². The van der Waals surface area contributed by atoms with Crippen LogP contribution in [0.2, 0.25) is 0 Å².